The van der Waals surface area contributed by atoms with E-state index in [1.54, 1.807) is 48.1 Å². The molecule has 0 aliphatic heterocycles. The molecule has 2 aromatic carbocycles. The van der Waals surface area contributed by atoms with E-state index in [4.69, 9.17) is 16.3 Å². The number of nitrogens with one attached hydrogen (secondary N) is 1. The quantitative estimate of drug-likeness (QED) is 0.490. The van der Waals surface area contributed by atoms with Crippen LogP contribution in [0.2, 0.25) is 5.02 Å². The molecule has 0 saturated carbocycles. The summed E-state index contributed by atoms with van der Waals surface area (Å²) in [6.07, 6.45) is 3.60. The van der Waals surface area contributed by atoms with Gasteiger partial charge in [0.15, 0.2) is 5.69 Å². The first kappa shape index (κ1) is 19.7. The van der Waals surface area contributed by atoms with Crippen LogP contribution in [0.3, 0.4) is 0 Å². The van der Waals surface area contributed by atoms with Crippen LogP contribution in [-0.2, 0) is 6.54 Å². The maximum absolute atomic E-state index is 12.7. The fourth-order valence-corrected chi connectivity index (χ4v) is 3.03. The van der Waals surface area contributed by atoms with Gasteiger partial charge in [-0.25, -0.2) is 0 Å². The Labute approximate surface area is 178 Å². The molecule has 2 heterocycles. The Morgan fingerprint density at radius 2 is 2.00 bits per heavy atom. The van der Waals surface area contributed by atoms with E-state index in [1.807, 2.05) is 30.5 Å². The van der Waals surface area contributed by atoms with Crippen molar-refractivity contribution < 1.29 is 9.53 Å². The summed E-state index contributed by atoms with van der Waals surface area (Å²) in [6, 6.07) is 16.2. The number of carbonyl (C=O) groups is 1. The second-order valence-electron chi connectivity index (χ2n) is 6.50. The summed E-state index contributed by atoms with van der Waals surface area (Å²) in [5.74, 6) is 0.300. The highest BCUT2D eigenvalue weighted by Crippen LogP contribution is 2.19. The number of carbonyl (C=O) groups excluding carboxylic acids is 1. The smallest absolute Gasteiger partial charge is 0.278 e. The number of ether oxygens (including phenoxy) is 1. The zero-order valence-corrected chi connectivity index (χ0v) is 17.0. The van der Waals surface area contributed by atoms with Gasteiger partial charge in [-0.3, -0.25) is 9.48 Å². The molecule has 30 heavy (non-hydrogen) atoms. The van der Waals surface area contributed by atoms with Crippen molar-refractivity contribution in [2.24, 2.45) is 0 Å². The second kappa shape index (κ2) is 8.79. The molecule has 0 aliphatic rings. The molecule has 1 N–H and O–H groups in total. The summed E-state index contributed by atoms with van der Waals surface area (Å²) in [5.41, 5.74) is 2.03. The van der Waals surface area contributed by atoms with Crippen LogP contribution in [0.1, 0.15) is 16.2 Å². The first-order chi connectivity index (χ1) is 14.6. The summed E-state index contributed by atoms with van der Waals surface area (Å²) in [5, 5.41) is 16.2. The Balaban J connectivity index is 1.42. The fourth-order valence-electron chi connectivity index (χ4n) is 2.85. The highest BCUT2D eigenvalue weighted by molar-refractivity contribution is 6.30. The van der Waals surface area contributed by atoms with Gasteiger partial charge in [-0.2, -0.15) is 15.0 Å². The van der Waals surface area contributed by atoms with Crippen LogP contribution in [-0.4, -0.2) is 37.3 Å². The first-order valence-electron chi connectivity index (χ1n) is 9.30. The topological polar surface area (TPSA) is 86.9 Å². The molecule has 0 spiro atoms. The van der Waals surface area contributed by atoms with Gasteiger partial charge in [0.1, 0.15) is 12.4 Å². The summed E-state index contributed by atoms with van der Waals surface area (Å²) >= 11 is 6.03. The van der Waals surface area contributed by atoms with Crippen LogP contribution in [0.15, 0.2) is 67.0 Å². The van der Waals surface area contributed by atoms with E-state index in [2.05, 4.69) is 20.6 Å². The van der Waals surface area contributed by atoms with Gasteiger partial charge in [0, 0.05) is 29.2 Å². The van der Waals surface area contributed by atoms with Crippen molar-refractivity contribution >= 4 is 23.2 Å². The largest absolute Gasteiger partial charge is 0.492 e. The van der Waals surface area contributed by atoms with Crippen molar-refractivity contribution in [3.05, 3.63) is 83.4 Å². The van der Waals surface area contributed by atoms with Gasteiger partial charge in [-0.1, -0.05) is 23.7 Å². The predicted molar refractivity (Wildman–Crippen MR) is 113 cm³/mol. The highest BCUT2D eigenvalue weighted by Gasteiger charge is 2.17. The van der Waals surface area contributed by atoms with Gasteiger partial charge in [0.05, 0.1) is 17.9 Å². The van der Waals surface area contributed by atoms with E-state index in [1.165, 1.54) is 4.80 Å². The molecular formula is C21H19ClN6O2. The molecule has 0 radical (unpaired) electrons. The summed E-state index contributed by atoms with van der Waals surface area (Å²) in [4.78, 5) is 14.1. The minimum Gasteiger partial charge on any atom is -0.492 e. The molecule has 4 aromatic rings. The lowest BCUT2D eigenvalue weighted by atomic mass is 10.2. The van der Waals surface area contributed by atoms with E-state index in [-0.39, 0.29) is 11.6 Å². The molecule has 2 aromatic heterocycles. The molecule has 0 saturated heterocycles. The maximum Gasteiger partial charge on any atom is 0.278 e. The Bertz CT molecular complexity index is 1160. The van der Waals surface area contributed by atoms with E-state index in [9.17, 15) is 4.79 Å². The number of anilines is 1. The van der Waals surface area contributed by atoms with Crippen LogP contribution in [0, 0.1) is 6.92 Å². The van der Waals surface area contributed by atoms with Crippen molar-refractivity contribution in [3.8, 4) is 11.4 Å². The number of hydrogen-bond donors (Lipinski definition) is 1. The van der Waals surface area contributed by atoms with Crippen molar-refractivity contribution in [2.45, 2.75) is 13.5 Å². The summed E-state index contributed by atoms with van der Waals surface area (Å²) in [7, 11) is 0. The van der Waals surface area contributed by atoms with Crippen LogP contribution >= 0.6 is 11.6 Å². The molecular weight excluding hydrogens is 404 g/mol. The molecule has 9 heteroatoms. The van der Waals surface area contributed by atoms with Gasteiger partial charge < -0.3 is 10.1 Å². The van der Waals surface area contributed by atoms with E-state index < -0.39 is 0 Å². The van der Waals surface area contributed by atoms with Crippen molar-refractivity contribution in [1.29, 1.82) is 0 Å². The zero-order valence-electron chi connectivity index (χ0n) is 16.2. The number of rotatable bonds is 7. The molecule has 4 rings (SSSR count). The number of nitrogens with zero attached hydrogens (tertiary/aromatic N) is 5. The van der Waals surface area contributed by atoms with Crippen molar-refractivity contribution in [1.82, 2.24) is 24.8 Å². The molecule has 152 valence electrons. The number of aromatic nitrogens is 5. The highest BCUT2D eigenvalue weighted by atomic mass is 35.5. The summed E-state index contributed by atoms with van der Waals surface area (Å²) in [6.45, 7) is 2.83. The van der Waals surface area contributed by atoms with Crippen molar-refractivity contribution in [2.75, 3.05) is 11.9 Å². The first-order valence-corrected chi connectivity index (χ1v) is 9.68. The molecule has 0 fully saturated rings. The Hall–Kier alpha value is -3.65. The fraction of sp³-hybridized carbons (Fsp3) is 0.143. The van der Waals surface area contributed by atoms with E-state index in [0.717, 1.165) is 0 Å². The number of aryl methyl sites for hydroxylation is 1. The van der Waals surface area contributed by atoms with Crippen LogP contribution in [0.4, 0.5) is 5.69 Å². The number of halogens is 1. The lowest BCUT2D eigenvalue weighted by molar-refractivity contribution is 0.102. The third-order valence-electron chi connectivity index (χ3n) is 4.28. The minimum atomic E-state index is -0.352. The van der Waals surface area contributed by atoms with Gasteiger partial charge in [-0.05, 0) is 43.3 Å². The van der Waals surface area contributed by atoms with Gasteiger partial charge >= 0.3 is 0 Å². The third-order valence-corrected chi connectivity index (χ3v) is 4.51. The van der Waals surface area contributed by atoms with Gasteiger partial charge in [0.25, 0.3) is 5.91 Å². The number of hydrogen-bond acceptors (Lipinski definition) is 5. The van der Waals surface area contributed by atoms with E-state index >= 15 is 0 Å². The van der Waals surface area contributed by atoms with E-state index in [0.29, 0.717) is 41.0 Å². The average Bonchev–Trinajstić information content (AvgIpc) is 3.38. The van der Waals surface area contributed by atoms with Crippen LogP contribution < -0.4 is 10.1 Å². The zero-order chi connectivity index (χ0) is 20.9. The van der Waals surface area contributed by atoms with Crippen LogP contribution in [0.25, 0.3) is 5.69 Å². The summed E-state index contributed by atoms with van der Waals surface area (Å²) < 4.78 is 7.54. The lowest BCUT2D eigenvalue weighted by Crippen LogP contribution is -2.14. The second-order valence-corrected chi connectivity index (χ2v) is 6.94. The number of benzene rings is 2. The normalized spacial score (nSPS) is 10.7. The molecule has 0 unspecified atom stereocenters. The minimum absolute atomic E-state index is 0.236. The third kappa shape index (κ3) is 4.66. The maximum atomic E-state index is 12.7. The molecule has 0 atom stereocenters. The Kier molecular flexibility index (Phi) is 5.76. The standard InChI is InChI=1S/C21H19ClN6O2/c1-15-20(26-28(25-15)18-7-2-5-16(22)13-18)21(29)24-17-6-3-8-19(14-17)30-12-11-27-10-4-9-23-27/h2-10,13-14H,11-12H2,1H3,(H,24,29). The molecule has 0 aliphatic carbocycles. The number of amides is 1. The van der Waals surface area contributed by atoms with Gasteiger partial charge in [-0.15, -0.1) is 5.10 Å². The molecule has 0 bridgehead atoms. The molecule has 8 nitrogen and oxygen atoms in total. The van der Waals surface area contributed by atoms with Crippen molar-refractivity contribution in [3.63, 3.8) is 0 Å². The molecule has 1 amide bonds. The Morgan fingerprint density at radius 3 is 2.80 bits per heavy atom. The Morgan fingerprint density at radius 1 is 1.13 bits per heavy atom. The lowest BCUT2D eigenvalue weighted by Gasteiger charge is -2.09. The van der Waals surface area contributed by atoms with Crippen LogP contribution in [0.5, 0.6) is 5.75 Å². The predicted octanol–water partition coefficient (Wildman–Crippen LogP) is 3.76. The SMILES string of the molecule is Cc1nn(-c2cccc(Cl)c2)nc1C(=O)Nc1cccc(OCCn2cccn2)c1. The monoisotopic (exact) mass is 422 g/mol. The average molecular weight is 423 g/mol. The van der Waals surface area contributed by atoms with Gasteiger partial charge in [0.2, 0.25) is 0 Å².